The summed E-state index contributed by atoms with van der Waals surface area (Å²) < 4.78 is 23.5. The van der Waals surface area contributed by atoms with E-state index in [1.807, 2.05) is 49.7 Å². The topological polar surface area (TPSA) is 94.7 Å². The Bertz CT molecular complexity index is 973. The van der Waals surface area contributed by atoms with E-state index in [4.69, 9.17) is 18.9 Å². The molecule has 8 unspecified atom stereocenters. The molecule has 1 aromatic heterocycles. The maximum absolute atomic E-state index is 12.9. The van der Waals surface area contributed by atoms with Crippen LogP contribution in [0.3, 0.4) is 0 Å². The van der Waals surface area contributed by atoms with Crippen molar-refractivity contribution in [3.8, 4) is 0 Å². The number of hydrogen-bond donors (Lipinski definition) is 0. The van der Waals surface area contributed by atoms with Crippen molar-refractivity contribution in [1.82, 2.24) is 4.90 Å². The molecule has 2 saturated heterocycles. The Morgan fingerprint density at radius 3 is 2.78 bits per heavy atom. The van der Waals surface area contributed by atoms with Gasteiger partial charge in [-0.2, -0.15) is 11.3 Å². The standard InChI is InChI=1S/C23H27NO7S/c1-11-17-14-8-13(22(27)28-14)18(24(3)4)19(30-16(25)7-12-5-6-32-10-12)20-23(2,31-20)9-15(17)29-21(11)26/h5-6,8,10-11,14-15,17-20H,7,9H2,1-4H3. The van der Waals surface area contributed by atoms with Crippen molar-refractivity contribution in [3.05, 3.63) is 34.0 Å². The van der Waals surface area contributed by atoms with Gasteiger partial charge in [-0.25, -0.2) is 4.79 Å². The first kappa shape index (κ1) is 21.6. The first-order chi connectivity index (χ1) is 15.2. The third-order valence-electron chi connectivity index (χ3n) is 7.08. The summed E-state index contributed by atoms with van der Waals surface area (Å²) in [4.78, 5) is 40.0. The zero-order valence-electron chi connectivity index (χ0n) is 18.5. The van der Waals surface area contributed by atoms with Crippen LogP contribution in [0.1, 0.15) is 25.8 Å². The van der Waals surface area contributed by atoms with E-state index < -0.39 is 42.0 Å². The SMILES string of the molecule is CC1C(=O)OC2CC3(C)OC3C(OC(=O)Cc3ccsc3)C(N(C)C)C3=CC(OC3=O)C21. The predicted octanol–water partition coefficient (Wildman–Crippen LogP) is 1.72. The minimum atomic E-state index is -0.704. The van der Waals surface area contributed by atoms with Crippen LogP contribution in [0.15, 0.2) is 28.5 Å². The number of carbonyl (C=O) groups excluding carboxylic acids is 3. The van der Waals surface area contributed by atoms with E-state index in [0.717, 1.165) is 5.56 Å². The number of fused-ring (bicyclic) bond motifs is 4. The van der Waals surface area contributed by atoms with Crippen molar-refractivity contribution in [2.75, 3.05) is 14.1 Å². The molecule has 8 nitrogen and oxygen atoms in total. The molecule has 4 aliphatic rings. The average Bonchev–Trinajstić information content (AvgIpc) is 3.05. The van der Waals surface area contributed by atoms with Crippen LogP contribution >= 0.6 is 11.3 Å². The molecule has 9 heteroatoms. The van der Waals surface area contributed by atoms with Gasteiger partial charge in [0.05, 0.1) is 29.6 Å². The molecule has 8 atom stereocenters. The average molecular weight is 462 g/mol. The summed E-state index contributed by atoms with van der Waals surface area (Å²) in [6, 6.07) is 1.35. The second-order valence-electron chi connectivity index (χ2n) is 9.56. The van der Waals surface area contributed by atoms with Crippen molar-refractivity contribution in [2.45, 2.75) is 62.7 Å². The Morgan fingerprint density at radius 1 is 1.31 bits per heavy atom. The highest BCUT2D eigenvalue weighted by molar-refractivity contribution is 7.08. The van der Waals surface area contributed by atoms with Crippen LogP contribution in [-0.4, -0.2) is 73.0 Å². The van der Waals surface area contributed by atoms with E-state index in [1.165, 1.54) is 11.3 Å². The largest absolute Gasteiger partial charge is 0.462 e. The fourth-order valence-electron chi connectivity index (χ4n) is 5.40. The minimum Gasteiger partial charge on any atom is -0.462 e. The van der Waals surface area contributed by atoms with Gasteiger partial charge in [-0.05, 0) is 49.5 Å². The van der Waals surface area contributed by atoms with Crippen LogP contribution in [0, 0.1) is 11.8 Å². The smallest absolute Gasteiger partial charge is 0.336 e. The zero-order valence-corrected chi connectivity index (χ0v) is 19.3. The molecule has 2 fully saturated rings. The second-order valence-corrected chi connectivity index (χ2v) is 10.3. The number of ether oxygens (including phenoxy) is 4. The van der Waals surface area contributed by atoms with Gasteiger partial charge in [0.15, 0.2) is 6.10 Å². The molecule has 0 amide bonds. The van der Waals surface area contributed by atoms with Crippen molar-refractivity contribution < 1.29 is 33.3 Å². The Balaban J connectivity index is 1.50. The summed E-state index contributed by atoms with van der Waals surface area (Å²) >= 11 is 1.52. The van der Waals surface area contributed by atoms with Gasteiger partial charge in [-0.15, -0.1) is 0 Å². The summed E-state index contributed by atoms with van der Waals surface area (Å²) in [5, 5.41) is 3.82. The van der Waals surface area contributed by atoms with Crippen LogP contribution < -0.4 is 0 Å². The molecular formula is C23H27NO7S. The number of hydrogen-bond acceptors (Lipinski definition) is 9. The molecule has 3 aliphatic heterocycles. The van der Waals surface area contributed by atoms with Gasteiger partial charge in [0, 0.05) is 12.3 Å². The first-order valence-electron chi connectivity index (χ1n) is 10.9. The zero-order chi connectivity index (χ0) is 22.8. The lowest BCUT2D eigenvalue weighted by Crippen LogP contribution is -2.49. The summed E-state index contributed by atoms with van der Waals surface area (Å²) in [6.45, 7) is 3.75. The molecule has 32 heavy (non-hydrogen) atoms. The Kier molecular flexibility index (Phi) is 5.18. The van der Waals surface area contributed by atoms with Gasteiger partial charge >= 0.3 is 17.9 Å². The number of rotatable bonds is 4. The van der Waals surface area contributed by atoms with Crippen molar-refractivity contribution in [1.29, 1.82) is 0 Å². The fourth-order valence-corrected chi connectivity index (χ4v) is 6.06. The van der Waals surface area contributed by atoms with Gasteiger partial charge in [-0.3, -0.25) is 14.5 Å². The molecular weight excluding hydrogens is 434 g/mol. The summed E-state index contributed by atoms with van der Waals surface area (Å²) in [5.74, 6) is -1.78. The number of carbonyl (C=O) groups is 3. The van der Waals surface area contributed by atoms with E-state index in [9.17, 15) is 14.4 Å². The molecule has 0 radical (unpaired) electrons. The highest BCUT2D eigenvalue weighted by atomic mass is 32.1. The third-order valence-corrected chi connectivity index (χ3v) is 7.81. The van der Waals surface area contributed by atoms with Gasteiger partial charge in [-0.1, -0.05) is 6.92 Å². The molecule has 1 aliphatic carbocycles. The maximum atomic E-state index is 12.9. The molecule has 2 bridgehead atoms. The Hall–Kier alpha value is -2.23. The van der Waals surface area contributed by atoms with Crippen molar-refractivity contribution in [2.24, 2.45) is 11.8 Å². The lowest BCUT2D eigenvalue weighted by atomic mass is 9.79. The van der Waals surface area contributed by atoms with Crippen LogP contribution in [0.2, 0.25) is 0 Å². The van der Waals surface area contributed by atoms with Gasteiger partial charge in [0.25, 0.3) is 0 Å². The normalized spacial score (nSPS) is 40.2. The lowest BCUT2D eigenvalue weighted by molar-refractivity contribution is -0.153. The van der Waals surface area contributed by atoms with Gasteiger partial charge in [0.1, 0.15) is 18.3 Å². The number of likely N-dealkylation sites (N-methyl/N-ethyl adjacent to an activating group) is 1. The fraction of sp³-hybridized carbons (Fsp3) is 0.609. The quantitative estimate of drug-likeness (QED) is 0.380. The monoisotopic (exact) mass is 461 g/mol. The Labute approximate surface area is 190 Å². The molecule has 0 aromatic carbocycles. The highest BCUT2D eigenvalue weighted by Crippen LogP contribution is 2.51. The van der Waals surface area contributed by atoms with E-state index in [1.54, 1.807) is 6.08 Å². The number of nitrogens with zero attached hydrogens (tertiary/aromatic N) is 1. The van der Waals surface area contributed by atoms with Crippen LogP contribution in [-0.2, 0) is 39.8 Å². The Morgan fingerprint density at radius 2 is 2.09 bits per heavy atom. The van der Waals surface area contributed by atoms with Crippen molar-refractivity contribution in [3.63, 3.8) is 0 Å². The number of thiophene rings is 1. The highest BCUT2D eigenvalue weighted by Gasteiger charge is 2.65. The van der Waals surface area contributed by atoms with Gasteiger partial charge in [0.2, 0.25) is 0 Å². The maximum Gasteiger partial charge on any atom is 0.336 e. The molecule has 172 valence electrons. The van der Waals surface area contributed by atoms with Gasteiger partial charge < -0.3 is 18.9 Å². The van der Waals surface area contributed by atoms with Crippen LogP contribution in [0.4, 0.5) is 0 Å². The third kappa shape index (κ3) is 3.56. The summed E-state index contributed by atoms with van der Waals surface area (Å²) in [6.07, 6.45) is 0.260. The molecule has 4 heterocycles. The van der Waals surface area contributed by atoms with E-state index >= 15 is 0 Å². The number of epoxide rings is 1. The lowest BCUT2D eigenvalue weighted by Gasteiger charge is -2.32. The van der Waals surface area contributed by atoms with Crippen LogP contribution in [0.25, 0.3) is 0 Å². The number of esters is 3. The predicted molar refractivity (Wildman–Crippen MR) is 114 cm³/mol. The molecule has 5 rings (SSSR count). The summed E-state index contributed by atoms with van der Waals surface area (Å²) in [7, 11) is 3.68. The molecule has 0 N–H and O–H groups in total. The molecule has 0 spiro atoms. The van der Waals surface area contributed by atoms with E-state index in [-0.39, 0.29) is 30.2 Å². The van der Waals surface area contributed by atoms with Crippen LogP contribution in [0.5, 0.6) is 0 Å². The second kappa shape index (κ2) is 7.67. The minimum absolute atomic E-state index is 0.148. The van der Waals surface area contributed by atoms with E-state index in [0.29, 0.717) is 12.0 Å². The first-order valence-corrected chi connectivity index (χ1v) is 11.8. The summed E-state index contributed by atoms with van der Waals surface area (Å²) in [5.41, 5.74) is 0.684. The molecule has 1 aromatic rings. The van der Waals surface area contributed by atoms with E-state index in [2.05, 4.69) is 0 Å². The molecule has 0 saturated carbocycles. The van der Waals surface area contributed by atoms with Crippen molar-refractivity contribution >= 4 is 29.2 Å².